The Morgan fingerprint density at radius 2 is 2.07 bits per heavy atom. The Balaban J connectivity index is 2.23. The lowest BCUT2D eigenvalue weighted by Gasteiger charge is -2.26. The fourth-order valence-corrected chi connectivity index (χ4v) is 2.21. The van der Waals surface area contributed by atoms with Crippen LogP contribution in [0.2, 0.25) is 0 Å². The van der Waals surface area contributed by atoms with E-state index >= 15 is 0 Å². The average Bonchev–Trinajstić information content (AvgIpc) is 2.43. The van der Waals surface area contributed by atoms with Gasteiger partial charge in [-0.05, 0) is 11.6 Å². The smallest absolute Gasteiger partial charge is 0.0480 e. The molecule has 1 aliphatic rings. The minimum absolute atomic E-state index is 0.723. The Morgan fingerprint density at radius 1 is 1.29 bits per heavy atom. The first kappa shape index (κ1) is 8.06. The fraction of sp³-hybridized carbons (Fsp3) is 0.333. The summed E-state index contributed by atoms with van der Waals surface area (Å²) in [6.45, 7) is 2.27. The summed E-state index contributed by atoms with van der Waals surface area (Å²) >= 11 is 0. The van der Waals surface area contributed by atoms with Crippen molar-refractivity contribution in [2.24, 2.45) is 7.05 Å². The van der Waals surface area contributed by atoms with Crippen LogP contribution in [0.1, 0.15) is 11.5 Å². The van der Waals surface area contributed by atoms with Crippen LogP contribution in [0, 0.1) is 0 Å². The normalized spacial score (nSPS) is 17.2. The summed E-state index contributed by atoms with van der Waals surface area (Å²) < 4.78 is 2.23. The minimum atomic E-state index is 0.723. The monoisotopic (exact) mass is 186 g/mol. The van der Waals surface area contributed by atoms with Crippen molar-refractivity contribution in [1.82, 2.24) is 9.88 Å². The standard InChI is InChI=1S/C12H14N2/c1-14-8-11(9-6-13-7-9)10-4-2-3-5-12(10)14/h2-5,8-9,13H,6-7H2,1H3. The number of hydrogen-bond acceptors (Lipinski definition) is 1. The molecule has 1 fully saturated rings. The summed E-state index contributed by atoms with van der Waals surface area (Å²) in [5.74, 6) is 0.723. The van der Waals surface area contributed by atoms with Gasteiger partial charge in [0.2, 0.25) is 0 Å². The third-order valence-corrected chi connectivity index (χ3v) is 3.15. The Morgan fingerprint density at radius 3 is 2.79 bits per heavy atom. The van der Waals surface area contributed by atoms with E-state index in [4.69, 9.17) is 0 Å². The number of aromatic nitrogens is 1. The number of hydrogen-bond donors (Lipinski definition) is 1. The lowest BCUT2D eigenvalue weighted by molar-refractivity contribution is 0.450. The van der Waals surface area contributed by atoms with Crippen molar-refractivity contribution in [2.45, 2.75) is 5.92 Å². The molecule has 3 rings (SSSR count). The number of para-hydroxylation sites is 1. The van der Waals surface area contributed by atoms with Crippen molar-refractivity contribution in [3.8, 4) is 0 Å². The molecule has 1 aromatic carbocycles. The second-order valence-corrected chi connectivity index (χ2v) is 4.07. The predicted octanol–water partition coefficient (Wildman–Crippen LogP) is 1.87. The van der Waals surface area contributed by atoms with E-state index in [1.807, 2.05) is 0 Å². The maximum absolute atomic E-state index is 3.32. The number of fused-ring (bicyclic) bond motifs is 1. The number of nitrogens with zero attached hydrogens (tertiary/aromatic N) is 1. The van der Waals surface area contributed by atoms with E-state index in [0.717, 1.165) is 19.0 Å². The highest BCUT2D eigenvalue weighted by Crippen LogP contribution is 2.29. The molecule has 14 heavy (non-hydrogen) atoms. The highest BCUT2D eigenvalue weighted by atomic mass is 15.0. The Kier molecular flexibility index (Phi) is 1.64. The molecule has 0 aliphatic carbocycles. The van der Waals surface area contributed by atoms with E-state index in [0.29, 0.717) is 0 Å². The maximum atomic E-state index is 3.32. The van der Waals surface area contributed by atoms with Crippen LogP contribution in [-0.4, -0.2) is 17.7 Å². The van der Waals surface area contributed by atoms with Crippen molar-refractivity contribution in [1.29, 1.82) is 0 Å². The quantitative estimate of drug-likeness (QED) is 0.719. The number of nitrogens with one attached hydrogen (secondary N) is 1. The Hall–Kier alpha value is -1.28. The van der Waals surface area contributed by atoms with Crippen LogP contribution in [0.25, 0.3) is 10.9 Å². The second kappa shape index (κ2) is 2.85. The number of benzene rings is 1. The average molecular weight is 186 g/mol. The molecule has 1 aliphatic heterocycles. The SMILES string of the molecule is Cn1cc(C2CNC2)c2ccccc21. The molecule has 0 unspecified atom stereocenters. The molecule has 0 bridgehead atoms. The summed E-state index contributed by atoms with van der Waals surface area (Å²) in [5, 5.41) is 4.74. The van der Waals surface area contributed by atoms with Crippen molar-refractivity contribution in [2.75, 3.05) is 13.1 Å². The van der Waals surface area contributed by atoms with Crippen LogP contribution < -0.4 is 5.32 Å². The zero-order chi connectivity index (χ0) is 9.54. The van der Waals surface area contributed by atoms with Gasteiger partial charge in [0.15, 0.2) is 0 Å². The van der Waals surface area contributed by atoms with Gasteiger partial charge >= 0.3 is 0 Å². The van der Waals surface area contributed by atoms with E-state index in [-0.39, 0.29) is 0 Å². The summed E-state index contributed by atoms with van der Waals surface area (Å²) in [6.07, 6.45) is 2.27. The molecular weight excluding hydrogens is 172 g/mol. The van der Waals surface area contributed by atoms with Gasteiger partial charge in [0.25, 0.3) is 0 Å². The van der Waals surface area contributed by atoms with Gasteiger partial charge in [0.1, 0.15) is 0 Å². The summed E-state index contributed by atoms with van der Waals surface area (Å²) in [6, 6.07) is 8.64. The van der Waals surface area contributed by atoms with Crippen LogP contribution in [0.5, 0.6) is 0 Å². The molecule has 2 aromatic rings. The Bertz CT molecular complexity index is 466. The third-order valence-electron chi connectivity index (χ3n) is 3.15. The molecular formula is C12H14N2. The molecule has 72 valence electrons. The van der Waals surface area contributed by atoms with Crippen molar-refractivity contribution in [3.63, 3.8) is 0 Å². The minimum Gasteiger partial charge on any atom is -0.350 e. The summed E-state index contributed by atoms with van der Waals surface area (Å²) in [7, 11) is 2.12. The number of aryl methyl sites for hydroxylation is 1. The lowest BCUT2D eigenvalue weighted by Crippen LogP contribution is -2.39. The molecule has 2 heteroatoms. The van der Waals surface area contributed by atoms with Crippen LogP contribution in [0.15, 0.2) is 30.5 Å². The first-order chi connectivity index (χ1) is 6.86. The summed E-state index contributed by atoms with van der Waals surface area (Å²) in [5.41, 5.74) is 2.84. The van der Waals surface area contributed by atoms with E-state index in [1.165, 1.54) is 16.5 Å². The van der Waals surface area contributed by atoms with Gasteiger partial charge < -0.3 is 9.88 Å². The molecule has 0 atom stereocenters. The summed E-state index contributed by atoms with van der Waals surface area (Å²) in [4.78, 5) is 0. The Labute approximate surface area is 83.5 Å². The predicted molar refractivity (Wildman–Crippen MR) is 58.5 cm³/mol. The molecule has 0 saturated carbocycles. The first-order valence-electron chi connectivity index (χ1n) is 5.11. The van der Waals surface area contributed by atoms with Crippen molar-refractivity contribution in [3.05, 3.63) is 36.0 Å². The first-order valence-corrected chi connectivity index (χ1v) is 5.11. The van der Waals surface area contributed by atoms with Crippen molar-refractivity contribution < 1.29 is 0 Å². The zero-order valence-electron chi connectivity index (χ0n) is 8.33. The van der Waals surface area contributed by atoms with Crippen LogP contribution in [0.4, 0.5) is 0 Å². The molecule has 0 amide bonds. The van der Waals surface area contributed by atoms with Gasteiger partial charge in [-0.15, -0.1) is 0 Å². The maximum Gasteiger partial charge on any atom is 0.0480 e. The fourth-order valence-electron chi connectivity index (χ4n) is 2.21. The number of rotatable bonds is 1. The third kappa shape index (κ3) is 1.01. The van der Waals surface area contributed by atoms with Crippen LogP contribution in [0.3, 0.4) is 0 Å². The van der Waals surface area contributed by atoms with Crippen LogP contribution in [-0.2, 0) is 7.05 Å². The zero-order valence-corrected chi connectivity index (χ0v) is 8.33. The van der Waals surface area contributed by atoms with E-state index < -0.39 is 0 Å². The van der Waals surface area contributed by atoms with Gasteiger partial charge in [-0.1, -0.05) is 18.2 Å². The van der Waals surface area contributed by atoms with Gasteiger partial charge in [0.05, 0.1) is 0 Å². The molecule has 0 radical (unpaired) electrons. The molecule has 2 nitrogen and oxygen atoms in total. The largest absolute Gasteiger partial charge is 0.350 e. The molecule has 1 N–H and O–H groups in total. The van der Waals surface area contributed by atoms with E-state index in [2.05, 4.69) is 47.4 Å². The lowest BCUT2D eigenvalue weighted by atomic mass is 9.93. The molecule has 0 spiro atoms. The van der Waals surface area contributed by atoms with Crippen LogP contribution >= 0.6 is 0 Å². The van der Waals surface area contributed by atoms with Gasteiger partial charge in [-0.2, -0.15) is 0 Å². The second-order valence-electron chi connectivity index (χ2n) is 4.07. The van der Waals surface area contributed by atoms with Gasteiger partial charge in [0, 0.05) is 43.2 Å². The van der Waals surface area contributed by atoms with E-state index in [9.17, 15) is 0 Å². The highest BCUT2D eigenvalue weighted by Gasteiger charge is 2.22. The van der Waals surface area contributed by atoms with Gasteiger partial charge in [-0.3, -0.25) is 0 Å². The molecule has 2 heterocycles. The highest BCUT2D eigenvalue weighted by molar-refractivity contribution is 5.84. The topological polar surface area (TPSA) is 17.0 Å². The van der Waals surface area contributed by atoms with Crippen molar-refractivity contribution >= 4 is 10.9 Å². The molecule has 1 saturated heterocycles. The van der Waals surface area contributed by atoms with E-state index in [1.54, 1.807) is 0 Å². The van der Waals surface area contributed by atoms with Gasteiger partial charge in [-0.25, -0.2) is 0 Å². The molecule has 1 aromatic heterocycles.